The van der Waals surface area contributed by atoms with Gasteiger partial charge in [-0.15, -0.1) is 12.4 Å². The number of aliphatic hydroxyl groups is 2. The van der Waals surface area contributed by atoms with E-state index >= 15 is 0 Å². The third-order valence-electron chi connectivity index (χ3n) is 1.39. The molecule has 1 fully saturated rings. The molecule has 4 heteroatoms. The zero-order valence-electron chi connectivity index (χ0n) is 5.08. The Morgan fingerprint density at radius 2 is 2.00 bits per heavy atom. The summed E-state index contributed by atoms with van der Waals surface area (Å²) in [6.07, 6.45) is 0.430. The summed E-state index contributed by atoms with van der Waals surface area (Å²) in [5, 5.41) is 20.4. The Bertz CT molecular complexity index is 71.4. The Hall–Kier alpha value is 0.170. The van der Waals surface area contributed by atoms with Crippen LogP contribution in [0.5, 0.6) is 0 Å². The van der Waals surface area contributed by atoms with Crippen molar-refractivity contribution in [1.29, 1.82) is 0 Å². The molecule has 3 nitrogen and oxygen atoms in total. The number of rotatable bonds is 0. The largest absolute Gasteiger partial charge is 0.389 e. The molecule has 0 aromatic carbocycles. The molecule has 1 aliphatic rings. The summed E-state index contributed by atoms with van der Waals surface area (Å²) >= 11 is 0. The van der Waals surface area contributed by atoms with Crippen LogP contribution in [0.15, 0.2) is 0 Å². The molecule has 3 N–H and O–H groups in total. The van der Waals surface area contributed by atoms with Gasteiger partial charge in [0, 0.05) is 0 Å². The van der Waals surface area contributed by atoms with Crippen LogP contribution in [-0.2, 0) is 0 Å². The minimum Gasteiger partial charge on any atom is -0.389 e. The van der Waals surface area contributed by atoms with Crippen LogP contribution in [0.2, 0.25) is 0 Å². The maximum atomic E-state index is 8.87. The second-order valence-electron chi connectivity index (χ2n) is 2.11. The van der Waals surface area contributed by atoms with Crippen LogP contribution in [-0.4, -0.2) is 29.1 Å². The quantitative estimate of drug-likeness (QED) is 0.439. The highest BCUT2D eigenvalue weighted by atomic mass is 35.5. The van der Waals surface area contributed by atoms with Crippen molar-refractivity contribution >= 4 is 12.4 Å². The van der Waals surface area contributed by atoms with Crippen LogP contribution in [0.4, 0.5) is 0 Å². The summed E-state index contributed by atoms with van der Waals surface area (Å²) < 4.78 is 0. The van der Waals surface area contributed by atoms with E-state index in [0.29, 0.717) is 6.42 Å². The smallest absolute Gasteiger partial charge is 0.131 e. The first-order valence-electron chi connectivity index (χ1n) is 2.90. The molecule has 0 aliphatic carbocycles. The number of halogens is 1. The van der Waals surface area contributed by atoms with Crippen LogP contribution in [0, 0.1) is 0 Å². The SMILES string of the molecule is Cl.OC1CCCNC1O. The van der Waals surface area contributed by atoms with E-state index in [9.17, 15) is 0 Å². The minimum absolute atomic E-state index is 0. The highest BCUT2D eigenvalue weighted by molar-refractivity contribution is 5.85. The van der Waals surface area contributed by atoms with Gasteiger partial charge >= 0.3 is 0 Å². The van der Waals surface area contributed by atoms with Gasteiger partial charge in [0.1, 0.15) is 6.23 Å². The molecule has 1 heterocycles. The normalized spacial score (nSPS) is 35.3. The lowest BCUT2D eigenvalue weighted by Gasteiger charge is -2.23. The second kappa shape index (κ2) is 4.06. The first-order valence-corrected chi connectivity index (χ1v) is 2.90. The number of hydrogen-bond donors (Lipinski definition) is 3. The van der Waals surface area contributed by atoms with Crippen LogP contribution in [0.25, 0.3) is 0 Å². The molecular formula is C5H12ClNO2. The number of piperidine rings is 1. The molecule has 0 saturated carbocycles. The van der Waals surface area contributed by atoms with Crippen molar-refractivity contribution in [2.75, 3.05) is 6.54 Å². The van der Waals surface area contributed by atoms with Gasteiger partial charge in [0.2, 0.25) is 0 Å². The Morgan fingerprint density at radius 3 is 2.33 bits per heavy atom. The zero-order chi connectivity index (χ0) is 5.98. The molecule has 0 aromatic heterocycles. The molecule has 9 heavy (non-hydrogen) atoms. The molecule has 1 saturated heterocycles. The summed E-state index contributed by atoms with van der Waals surface area (Å²) in [5.74, 6) is 0. The maximum absolute atomic E-state index is 8.87. The van der Waals surface area contributed by atoms with Crippen molar-refractivity contribution in [1.82, 2.24) is 5.32 Å². The van der Waals surface area contributed by atoms with Gasteiger partial charge in [-0.05, 0) is 19.4 Å². The van der Waals surface area contributed by atoms with Crippen LogP contribution < -0.4 is 5.32 Å². The summed E-state index contributed by atoms with van der Waals surface area (Å²) in [5.41, 5.74) is 0. The first kappa shape index (κ1) is 9.17. The summed E-state index contributed by atoms with van der Waals surface area (Å²) in [6.45, 7) is 0.818. The lowest BCUT2D eigenvalue weighted by Crippen LogP contribution is -2.44. The Kier molecular flexibility index (Phi) is 4.14. The van der Waals surface area contributed by atoms with Gasteiger partial charge in [-0.1, -0.05) is 0 Å². The van der Waals surface area contributed by atoms with E-state index in [1.165, 1.54) is 0 Å². The Morgan fingerprint density at radius 1 is 1.33 bits per heavy atom. The van der Waals surface area contributed by atoms with E-state index in [-0.39, 0.29) is 12.4 Å². The molecule has 56 valence electrons. The van der Waals surface area contributed by atoms with E-state index in [4.69, 9.17) is 10.2 Å². The van der Waals surface area contributed by atoms with E-state index in [0.717, 1.165) is 13.0 Å². The third kappa shape index (κ3) is 2.49. The lowest BCUT2D eigenvalue weighted by atomic mass is 10.1. The van der Waals surface area contributed by atoms with E-state index in [1.54, 1.807) is 0 Å². The average Bonchev–Trinajstić information content (AvgIpc) is 1.77. The van der Waals surface area contributed by atoms with Crippen LogP contribution >= 0.6 is 12.4 Å². The molecule has 0 amide bonds. The van der Waals surface area contributed by atoms with Crippen molar-refractivity contribution in [2.45, 2.75) is 25.2 Å². The monoisotopic (exact) mass is 153 g/mol. The van der Waals surface area contributed by atoms with Crippen molar-refractivity contribution in [3.05, 3.63) is 0 Å². The van der Waals surface area contributed by atoms with E-state index < -0.39 is 12.3 Å². The van der Waals surface area contributed by atoms with Crippen molar-refractivity contribution in [3.8, 4) is 0 Å². The predicted octanol–water partition coefficient (Wildman–Crippen LogP) is -0.529. The van der Waals surface area contributed by atoms with Crippen LogP contribution in [0.1, 0.15) is 12.8 Å². The average molecular weight is 154 g/mol. The molecular weight excluding hydrogens is 142 g/mol. The standard InChI is InChI=1S/C5H11NO2.ClH/c7-4-2-1-3-6-5(4)8;/h4-8H,1-3H2;1H. The van der Waals surface area contributed by atoms with Gasteiger partial charge in [-0.2, -0.15) is 0 Å². The van der Waals surface area contributed by atoms with Gasteiger partial charge in [-0.25, -0.2) is 0 Å². The third-order valence-corrected chi connectivity index (χ3v) is 1.39. The number of aliphatic hydroxyl groups excluding tert-OH is 2. The fourth-order valence-corrected chi connectivity index (χ4v) is 0.855. The van der Waals surface area contributed by atoms with E-state index in [2.05, 4.69) is 5.32 Å². The fraction of sp³-hybridized carbons (Fsp3) is 1.00. The van der Waals surface area contributed by atoms with Crippen molar-refractivity contribution in [2.24, 2.45) is 0 Å². The fourth-order valence-electron chi connectivity index (χ4n) is 0.855. The topological polar surface area (TPSA) is 52.5 Å². The van der Waals surface area contributed by atoms with Crippen LogP contribution in [0.3, 0.4) is 0 Å². The van der Waals surface area contributed by atoms with E-state index in [1.807, 2.05) is 0 Å². The summed E-state index contributed by atoms with van der Waals surface area (Å²) in [6, 6.07) is 0. The van der Waals surface area contributed by atoms with Gasteiger partial charge < -0.3 is 10.2 Å². The summed E-state index contributed by atoms with van der Waals surface area (Å²) in [7, 11) is 0. The molecule has 0 bridgehead atoms. The van der Waals surface area contributed by atoms with Gasteiger partial charge in [0.15, 0.2) is 0 Å². The predicted molar refractivity (Wildman–Crippen MR) is 36.5 cm³/mol. The number of hydrogen-bond acceptors (Lipinski definition) is 3. The van der Waals surface area contributed by atoms with Gasteiger partial charge in [-0.3, -0.25) is 5.32 Å². The van der Waals surface area contributed by atoms with Crippen molar-refractivity contribution in [3.63, 3.8) is 0 Å². The van der Waals surface area contributed by atoms with Gasteiger partial charge in [0.05, 0.1) is 6.10 Å². The highest BCUT2D eigenvalue weighted by Gasteiger charge is 2.18. The maximum Gasteiger partial charge on any atom is 0.131 e. The molecule has 2 atom stereocenters. The number of nitrogens with one attached hydrogen (secondary N) is 1. The summed E-state index contributed by atoms with van der Waals surface area (Å²) in [4.78, 5) is 0. The molecule has 0 aromatic rings. The minimum atomic E-state index is -0.691. The Balaban J connectivity index is 0.000000640. The van der Waals surface area contributed by atoms with Crippen molar-refractivity contribution < 1.29 is 10.2 Å². The molecule has 0 radical (unpaired) electrons. The molecule has 0 spiro atoms. The Labute approximate surface area is 60.5 Å². The van der Waals surface area contributed by atoms with Gasteiger partial charge in [0.25, 0.3) is 0 Å². The molecule has 1 aliphatic heterocycles. The lowest BCUT2D eigenvalue weighted by molar-refractivity contribution is -0.0226. The zero-order valence-corrected chi connectivity index (χ0v) is 5.90. The first-order chi connectivity index (χ1) is 3.80. The molecule has 1 rings (SSSR count). The second-order valence-corrected chi connectivity index (χ2v) is 2.11. The highest BCUT2D eigenvalue weighted by Crippen LogP contribution is 2.04. The molecule has 2 unspecified atom stereocenters.